The Kier molecular flexibility index (Phi) is 5.07. The molecule has 0 saturated heterocycles. The van der Waals surface area contributed by atoms with Gasteiger partial charge in [-0.25, -0.2) is 4.79 Å². The molecular weight excluding hydrogens is 404 g/mol. The number of anilines is 1. The van der Waals surface area contributed by atoms with E-state index in [4.69, 9.17) is 22.6 Å². The summed E-state index contributed by atoms with van der Waals surface area (Å²) >= 11 is 5.31. The van der Waals surface area contributed by atoms with Gasteiger partial charge in [-0.15, -0.1) is 0 Å². The Labute approximate surface area is 152 Å². The first-order valence-corrected chi connectivity index (χ1v) is 7.18. The third-order valence-corrected chi connectivity index (χ3v) is 3.90. The molecule has 2 aromatic rings. The molecule has 0 aliphatic heterocycles. The maximum Gasteiger partial charge on any atom is 0.417 e. The largest absolute Gasteiger partial charge is 0.464 e. The van der Waals surface area contributed by atoms with Crippen LogP contribution in [-0.2, 0) is 17.1 Å². The quantitative estimate of drug-likeness (QED) is 0.586. The minimum atomic E-state index is -5.21. The number of hydrogen-bond donors (Lipinski definition) is 1. The van der Waals surface area contributed by atoms with Gasteiger partial charge >= 0.3 is 18.3 Å². The van der Waals surface area contributed by atoms with Gasteiger partial charge in [0.15, 0.2) is 5.69 Å². The van der Waals surface area contributed by atoms with Gasteiger partial charge in [-0.05, 0) is 12.1 Å². The normalized spacial score (nSPS) is 12.0. The average Bonchev–Trinajstić information content (AvgIpc) is 2.88. The minimum Gasteiger partial charge on any atom is -0.464 e. The lowest BCUT2D eigenvalue weighted by Crippen LogP contribution is -2.16. The van der Waals surface area contributed by atoms with Gasteiger partial charge in [0, 0.05) is 11.9 Å². The predicted molar refractivity (Wildman–Crippen MR) is 81.2 cm³/mol. The molecule has 0 fully saturated rings. The fourth-order valence-corrected chi connectivity index (χ4v) is 2.60. The summed E-state index contributed by atoms with van der Waals surface area (Å²) in [7, 11) is 0.926. The third kappa shape index (κ3) is 3.66. The molecule has 0 unspecified atom stereocenters. The number of nitriles is 1. The fourth-order valence-electron chi connectivity index (χ4n) is 2.28. The smallest absolute Gasteiger partial charge is 0.417 e. The van der Waals surface area contributed by atoms with Crippen LogP contribution in [0.5, 0.6) is 0 Å². The number of ether oxygens (including phenoxy) is 1. The summed E-state index contributed by atoms with van der Waals surface area (Å²) in [6.45, 7) is 0. The summed E-state index contributed by atoms with van der Waals surface area (Å²) in [6.07, 6.45) is -9.60. The van der Waals surface area contributed by atoms with E-state index in [9.17, 15) is 31.1 Å². The second-order valence-electron chi connectivity index (χ2n) is 5.13. The lowest BCUT2D eigenvalue weighted by molar-refractivity contribution is -0.142. The molecule has 1 aromatic carbocycles. The number of esters is 1. The van der Waals surface area contributed by atoms with Gasteiger partial charge in [0.05, 0.1) is 34.5 Å². The maximum absolute atomic E-state index is 13.2. The van der Waals surface area contributed by atoms with Crippen LogP contribution in [0.3, 0.4) is 0 Å². The number of carbonyl (C=O) groups excluding carboxylic acids is 1. The first-order chi connectivity index (χ1) is 12.3. The Hall–Kier alpha value is -2.87. The van der Waals surface area contributed by atoms with E-state index in [0.717, 1.165) is 13.3 Å². The molecule has 144 valence electrons. The molecule has 0 amide bonds. The topological polar surface area (TPSA) is 81.0 Å². The van der Waals surface area contributed by atoms with Crippen LogP contribution < -0.4 is 5.73 Å². The molecule has 0 saturated carbocycles. The van der Waals surface area contributed by atoms with Gasteiger partial charge in [-0.3, -0.25) is 0 Å². The van der Waals surface area contributed by atoms with Gasteiger partial charge in [-0.1, -0.05) is 11.6 Å². The Bertz CT molecular complexity index is 921. The van der Waals surface area contributed by atoms with Gasteiger partial charge in [-0.2, -0.15) is 31.6 Å². The minimum absolute atomic E-state index is 0.310. The molecule has 0 radical (unpaired) electrons. The molecule has 12 heteroatoms. The highest BCUT2D eigenvalue weighted by atomic mass is 35.5. The van der Waals surface area contributed by atoms with Gasteiger partial charge in [0.1, 0.15) is 6.07 Å². The van der Waals surface area contributed by atoms with E-state index in [1.54, 1.807) is 6.07 Å². The van der Waals surface area contributed by atoms with Crippen LogP contribution >= 0.6 is 11.6 Å². The average molecular weight is 412 g/mol. The number of nitrogens with zero attached hydrogens (tertiary/aromatic N) is 2. The van der Waals surface area contributed by atoms with Crippen LogP contribution in [0.1, 0.15) is 27.2 Å². The Balaban J connectivity index is 2.92. The first-order valence-electron chi connectivity index (χ1n) is 6.80. The van der Waals surface area contributed by atoms with Crippen molar-refractivity contribution in [3.63, 3.8) is 0 Å². The summed E-state index contributed by atoms with van der Waals surface area (Å²) in [4.78, 5) is 11.9. The SMILES string of the molecule is COC(=O)c1c(N)c(C#N)cn1-c1cc(C(F)(F)F)c(Cl)c(C(F)(F)F)c1. The molecule has 1 heterocycles. The number of benzene rings is 1. The van der Waals surface area contributed by atoms with Crippen LogP contribution in [-0.4, -0.2) is 17.6 Å². The van der Waals surface area contributed by atoms with Crippen molar-refractivity contribution in [1.82, 2.24) is 4.57 Å². The lowest BCUT2D eigenvalue weighted by atomic mass is 10.1. The van der Waals surface area contributed by atoms with Crippen molar-refractivity contribution in [3.8, 4) is 11.8 Å². The highest BCUT2D eigenvalue weighted by Crippen LogP contribution is 2.44. The number of carbonyl (C=O) groups is 1. The van der Waals surface area contributed by atoms with Crippen LogP contribution in [0.25, 0.3) is 5.69 Å². The second kappa shape index (κ2) is 6.70. The number of nitrogen functional groups attached to an aromatic ring is 1. The molecule has 0 aliphatic rings. The van der Waals surface area contributed by atoms with E-state index in [2.05, 4.69) is 4.74 Å². The molecule has 1 aromatic heterocycles. The zero-order chi connectivity index (χ0) is 20.7. The fraction of sp³-hybridized carbons (Fsp3) is 0.200. The summed E-state index contributed by atoms with van der Waals surface area (Å²) in [6, 6.07) is 2.20. The van der Waals surface area contributed by atoms with Crippen LogP contribution in [0.4, 0.5) is 32.0 Å². The molecule has 2 rings (SSSR count). The maximum atomic E-state index is 13.2. The lowest BCUT2D eigenvalue weighted by Gasteiger charge is -2.18. The van der Waals surface area contributed by atoms with E-state index in [-0.39, 0.29) is 5.56 Å². The summed E-state index contributed by atoms with van der Waals surface area (Å²) in [5.74, 6) is -1.16. The number of hydrogen-bond acceptors (Lipinski definition) is 4. The summed E-state index contributed by atoms with van der Waals surface area (Å²) in [5.41, 5.74) is -0.0703. The van der Waals surface area contributed by atoms with Crippen molar-refractivity contribution in [2.45, 2.75) is 12.4 Å². The molecule has 5 nitrogen and oxygen atoms in total. The zero-order valence-electron chi connectivity index (χ0n) is 13.2. The monoisotopic (exact) mass is 411 g/mol. The molecule has 27 heavy (non-hydrogen) atoms. The number of methoxy groups -OCH3 is 1. The van der Waals surface area contributed by atoms with Crippen molar-refractivity contribution in [2.24, 2.45) is 0 Å². The molecule has 0 atom stereocenters. The molecule has 0 aliphatic carbocycles. The molecule has 2 N–H and O–H groups in total. The van der Waals surface area contributed by atoms with Gasteiger partial charge in [0.25, 0.3) is 0 Å². The number of rotatable bonds is 2. The van der Waals surface area contributed by atoms with Gasteiger partial charge in [0.2, 0.25) is 0 Å². The third-order valence-electron chi connectivity index (χ3n) is 3.49. The zero-order valence-corrected chi connectivity index (χ0v) is 13.9. The molecular formula is C15H8ClF6N3O2. The number of nitrogens with two attached hydrogens (primary N) is 1. The second-order valence-corrected chi connectivity index (χ2v) is 5.51. The number of alkyl halides is 6. The number of halogens is 7. The van der Waals surface area contributed by atoms with E-state index in [1.165, 1.54) is 0 Å². The van der Waals surface area contributed by atoms with Crippen LogP contribution in [0.2, 0.25) is 5.02 Å². The van der Waals surface area contributed by atoms with Crippen molar-refractivity contribution in [2.75, 3.05) is 12.8 Å². The highest BCUT2D eigenvalue weighted by molar-refractivity contribution is 6.32. The van der Waals surface area contributed by atoms with Crippen molar-refractivity contribution in [1.29, 1.82) is 5.26 Å². The summed E-state index contributed by atoms with van der Waals surface area (Å²) < 4.78 is 84.0. The Morgan fingerprint density at radius 2 is 1.67 bits per heavy atom. The first kappa shape index (κ1) is 20.4. The summed E-state index contributed by atoms with van der Waals surface area (Å²) in [5, 5.41) is 7.45. The predicted octanol–water partition coefficient (Wildman–Crippen LogP) is 4.41. The van der Waals surface area contributed by atoms with Crippen molar-refractivity contribution in [3.05, 3.63) is 45.7 Å². The van der Waals surface area contributed by atoms with E-state index >= 15 is 0 Å². The Morgan fingerprint density at radius 1 is 1.19 bits per heavy atom. The van der Waals surface area contributed by atoms with Crippen LogP contribution in [0.15, 0.2) is 18.3 Å². The molecule has 0 bridgehead atoms. The van der Waals surface area contributed by atoms with Crippen LogP contribution in [0, 0.1) is 11.3 Å². The highest BCUT2D eigenvalue weighted by Gasteiger charge is 2.41. The van der Waals surface area contributed by atoms with E-state index in [1.807, 2.05) is 0 Å². The number of aromatic nitrogens is 1. The van der Waals surface area contributed by atoms with E-state index < -0.39 is 51.5 Å². The Morgan fingerprint density at radius 3 is 2.04 bits per heavy atom. The standard InChI is InChI=1S/C15H8ClF6N3O2/c1-27-13(26)12-11(24)6(4-23)5-25(12)7-2-8(14(17,18)19)10(16)9(3-7)15(20,21)22/h2-3,5H,24H2,1H3. The van der Waals surface area contributed by atoms with E-state index in [0.29, 0.717) is 16.7 Å². The van der Waals surface area contributed by atoms with Crippen molar-refractivity contribution < 1.29 is 35.9 Å². The van der Waals surface area contributed by atoms with Crippen molar-refractivity contribution >= 4 is 23.3 Å². The van der Waals surface area contributed by atoms with Gasteiger partial charge < -0.3 is 15.0 Å². The molecule has 0 spiro atoms.